The molecule has 2 unspecified atom stereocenters. The Hall–Kier alpha value is -1.33. The maximum absolute atomic E-state index is 9.19. The number of hydrogen-bond acceptors (Lipinski definition) is 2. The number of nitrogens with two attached hydrogens (primary N) is 1. The molecule has 1 aliphatic rings. The molecule has 1 aromatic carbocycles. The fraction of sp³-hybridized carbons (Fsp3) is 0.533. The van der Waals surface area contributed by atoms with Crippen molar-refractivity contribution in [3.05, 3.63) is 34.9 Å². The molecular weight excluding hydrogens is 208 g/mol. The minimum absolute atomic E-state index is 0.102. The van der Waals surface area contributed by atoms with Crippen LogP contribution in [0.1, 0.15) is 43.0 Å². The van der Waals surface area contributed by atoms with Gasteiger partial charge in [-0.25, -0.2) is 0 Å². The van der Waals surface area contributed by atoms with Gasteiger partial charge in [-0.05, 0) is 41.9 Å². The number of hydrogen-bond donors (Lipinski definition) is 1. The second-order valence-electron chi connectivity index (χ2n) is 5.31. The lowest BCUT2D eigenvalue weighted by Crippen LogP contribution is -2.24. The predicted octanol–water partition coefficient (Wildman–Crippen LogP) is 2.97. The molecule has 0 radical (unpaired) electrons. The lowest BCUT2D eigenvalue weighted by atomic mass is 9.85. The Balaban J connectivity index is 2.25. The standard InChI is InChI=1S/C15H20N2/c1-10(2)14(9-16)15(17)13-7-6-11-4-3-5-12(11)8-13/h6-8,10,14-15H,3-5,17H2,1-2H3. The molecule has 0 aliphatic heterocycles. The van der Waals surface area contributed by atoms with Gasteiger partial charge in [-0.15, -0.1) is 0 Å². The zero-order valence-corrected chi connectivity index (χ0v) is 10.6. The third kappa shape index (κ3) is 2.35. The molecule has 0 spiro atoms. The largest absolute Gasteiger partial charge is 0.323 e. The average Bonchev–Trinajstić information content (AvgIpc) is 2.75. The van der Waals surface area contributed by atoms with Crippen LogP contribution in [0.4, 0.5) is 0 Å². The predicted molar refractivity (Wildman–Crippen MR) is 69.3 cm³/mol. The van der Waals surface area contributed by atoms with Crippen LogP contribution in [0.3, 0.4) is 0 Å². The minimum atomic E-state index is -0.161. The van der Waals surface area contributed by atoms with Gasteiger partial charge in [0, 0.05) is 6.04 Å². The molecule has 0 amide bonds. The van der Waals surface area contributed by atoms with E-state index >= 15 is 0 Å². The number of nitrogens with zero attached hydrogens (tertiary/aromatic N) is 1. The Morgan fingerprint density at radius 2 is 1.94 bits per heavy atom. The van der Waals surface area contributed by atoms with E-state index in [1.54, 1.807) is 0 Å². The quantitative estimate of drug-likeness (QED) is 0.864. The van der Waals surface area contributed by atoms with E-state index in [9.17, 15) is 5.26 Å². The summed E-state index contributed by atoms with van der Waals surface area (Å²) in [4.78, 5) is 0. The first kappa shape index (κ1) is 12.1. The summed E-state index contributed by atoms with van der Waals surface area (Å²) in [6.45, 7) is 4.11. The maximum atomic E-state index is 9.19. The fourth-order valence-corrected chi connectivity index (χ4v) is 2.65. The molecule has 2 heteroatoms. The third-order valence-electron chi connectivity index (χ3n) is 3.76. The van der Waals surface area contributed by atoms with Gasteiger partial charge in [0.15, 0.2) is 0 Å². The molecule has 0 heterocycles. The van der Waals surface area contributed by atoms with Crippen molar-refractivity contribution in [1.82, 2.24) is 0 Å². The van der Waals surface area contributed by atoms with Gasteiger partial charge in [-0.2, -0.15) is 5.26 Å². The average molecular weight is 228 g/mol. The second kappa shape index (κ2) is 4.89. The summed E-state index contributed by atoms with van der Waals surface area (Å²) < 4.78 is 0. The molecule has 0 saturated heterocycles. The normalized spacial score (nSPS) is 17.6. The number of aryl methyl sites for hydroxylation is 2. The van der Waals surface area contributed by atoms with Gasteiger partial charge in [0.05, 0.1) is 12.0 Å². The highest BCUT2D eigenvalue weighted by Gasteiger charge is 2.23. The van der Waals surface area contributed by atoms with Crippen LogP contribution in [0.15, 0.2) is 18.2 Å². The zero-order valence-electron chi connectivity index (χ0n) is 10.6. The molecular formula is C15H20N2. The van der Waals surface area contributed by atoms with Crippen molar-refractivity contribution in [3.8, 4) is 6.07 Å². The van der Waals surface area contributed by atoms with Crippen LogP contribution in [0, 0.1) is 23.2 Å². The van der Waals surface area contributed by atoms with E-state index in [0.29, 0.717) is 5.92 Å². The van der Waals surface area contributed by atoms with Crippen LogP contribution in [0.5, 0.6) is 0 Å². The summed E-state index contributed by atoms with van der Waals surface area (Å²) in [6, 6.07) is 8.67. The molecule has 90 valence electrons. The molecule has 2 N–H and O–H groups in total. The van der Waals surface area contributed by atoms with Crippen molar-refractivity contribution < 1.29 is 0 Å². The number of fused-ring (bicyclic) bond motifs is 1. The maximum Gasteiger partial charge on any atom is 0.0679 e. The summed E-state index contributed by atoms with van der Waals surface area (Å²) in [5, 5.41) is 9.19. The lowest BCUT2D eigenvalue weighted by Gasteiger charge is -2.21. The Morgan fingerprint density at radius 1 is 1.24 bits per heavy atom. The van der Waals surface area contributed by atoms with Crippen LogP contribution >= 0.6 is 0 Å². The van der Waals surface area contributed by atoms with Gasteiger partial charge in [0.25, 0.3) is 0 Å². The smallest absolute Gasteiger partial charge is 0.0679 e. The number of nitriles is 1. The molecule has 17 heavy (non-hydrogen) atoms. The van der Waals surface area contributed by atoms with E-state index in [2.05, 4.69) is 38.1 Å². The number of benzene rings is 1. The highest BCUT2D eigenvalue weighted by atomic mass is 14.7. The van der Waals surface area contributed by atoms with Crippen molar-refractivity contribution in [1.29, 1.82) is 5.26 Å². The first-order chi connectivity index (χ1) is 8.13. The van der Waals surface area contributed by atoms with Crippen LogP contribution in [-0.4, -0.2) is 0 Å². The Kier molecular flexibility index (Phi) is 3.49. The number of rotatable bonds is 3. The molecule has 1 aliphatic carbocycles. The van der Waals surface area contributed by atoms with E-state index < -0.39 is 0 Å². The molecule has 0 bridgehead atoms. The first-order valence-electron chi connectivity index (χ1n) is 6.40. The van der Waals surface area contributed by atoms with Crippen LogP contribution in [0.25, 0.3) is 0 Å². The molecule has 2 rings (SSSR count). The van der Waals surface area contributed by atoms with E-state index in [4.69, 9.17) is 5.73 Å². The third-order valence-corrected chi connectivity index (χ3v) is 3.76. The minimum Gasteiger partial charge on any atom is -0.323 e. The van der Waals surface area contributed by atoms with E-state index in [1.165, 1.54) is 24.0 Å². The van der Waals surface area contributed by atoms with Crippen molar-refractivity contribution >= 4 is 0 Å². The van der Waals surface area contributed by atoms with Gasteiger partial charge in [-0.1, -0.05) is 32.0 Å². The lowest BCUT2D eigenvalue weighted by molar-refractivity contribution is 0.403. The van der Waals surface area contributed by atoms with E-state index in [-0.39, 0.29) is 12.0 Å². The Morgan fingerprint density at radius 3 is 2.59 bits per heavy atom. The Labute approximate surface area is 103 Å². The molecule has 2 atom stereocenters. The second-order valence-corrected chi connectivity index (χ2v) is 5.31. The van der Waals surface area contributed by atoms with Crippen molar-refractivity contribution in [2.45, 2.75) is 39.2 Å². The fourth-order valence-electron chi connectivity index (χ4n) is 2.65. The van der Waals surface area contributed by atoms with Gasteiger partial charge in [-0.3, -0.25) is 0 Å². The summed E-state index contributed by atoms with van der Waals surface area (Å²) in [5.41, 5.74) is 10.2. The van der Waals surface area contributed by atoms with Crippen molar-refractivity contribution in [2.75, 3.05) is 0 Å². The van der Waals surface area contributed by atoms with Gasteiger partial charge in [0.2, 0.25) is 0 Å². The molecule has 1 aromatic rings. The molecule has 0 aromatic heterocycles. The zero-order chi connectivity index (χ0) is 12.4. The summed E-state index contributed by atoms with van der Waals surface area (Å²) >= 11 is 0. The van der Waals surface area contributed by atoms with Gasteiger partial charge >= 0.3 is 0 Å². The van der Waals surface area contributed by atoms with Gasteiger partial charge < -0.3 is 5.73 Å². The van der Waals surface area contributed by atoms with E-state index in [0.717, 1.165) is 12.0 Å². The Bertz CT molecular complexity index is 443. The summed E-state index contributed by atoms with van der Waals surface area (Å²) in [6.07, 6.45) is 3.60. The van der Waals surface area contributed by atoms with Crippen molar-refractivity contribution in [3.63, 3.8) is 0 Å². The monoisotopic (exact) mass is 228 g/mol. The van der Waals surface area contributed by atoms with Crippen molar-refractivity contribution in [2.24, 2.45) is 17.6 Å². The molecule has 2 nitrogen and oxygen atoms in total. The SMILES string of the molecule is CC(C)C(C#N)C(N)c1ccc2c(c1)CCC2. The topological polar surface area (TPSA) is 49.8 Å². The van der Waals surface area contributed by atoms with Gasteiger partial charge in [0.1, 0.15) is 0 Å². The van der Waals surface area contributed by atoms with Crippen LogP contribution < -0.4 is 5.73 Å². The summed E-state index contributed by atoms with van der Waals surface area (Å²) in [7, 11) is 0. The first-order valence-corrected chi connectivity index (χ1v) is 6.40. The van der Waals surface area contributed by atoms with Crippen LogP contribution in [-0.2, 0) is 12.8 Å². The molecule has 0 saturated carbocycles. The van der Waals surface area contributed by atoms with E-state index in [1.807, 2.05) is 0 Å². The molecule has 0 fully saturated rings. The highest BCUT2D eigenvalue weighted by Crippen LogP contribution is 2.29. The van der Waals surface area contributed by atoms with Crippen LogP contribution in [0.2, 0.25) is 0 Å². The summed E-state index contributed by atoms with van der Waals surface area (Å²) in [5.74, 6) is 0.192. The highest BCUT2D eigenvalue weighted by molar-refractivity contribution is 5.37.